The molecule has 0 fully saturated rings. The molecule has 1 aliphatic heterocycles. The number of nitrogens with zero attached hydrogens (tertiary/aromatic N) is 3. The van der Waals surface area contributed by atoms with Gasteiger partial charge in [0.1, 0.15) is 6.54 Å². The second-order valence-corrected chi connectivity index (χ2v) is 7.59. The molecule has 2 aromatic carbocycles. The zero-order valence-corrected chi connectivity index (χ0v) is 17.8. The molecule has 0 unspecified atom stereocenters. The first kappa shape index (κ1) is 22.0. The van der Waals surface area contributed by atoms with E-state index in [4.69, 9.17) is 4.74 Å². The van der Waals surface area contributed by atoms with Crippen molar-refractivity contribution in [2.75, 3.05) is 39.2 Å². The van der Waals surface area contributed by atoms with Gasteiger partial charge >= 0.3 is 5.97 Å². The van der Waals surface area contributed by atoms with Crippen LogP contribution in [0.15, 0.2) is 48.5 Å². The highest BCUT2D eigenvalue weighted by molar-refractivity contribution is 6.11. The third-order valence-corrected chi connectivity index (χ3v) is 5.08. The number of esters is 1. The summed E-state index contributed by atoms with van der Waals surface area (Å²) in [5.74, 6) is -2.19. The molecule has 1 heterocycles. The largest absolute Gasteiger partial charge is 0.454 e. The number of anilines is 1. The summed E-state index contributed by atoms with van der Waals surface area (Å²) in [4.78, 5) is 53.5. The van der Waals surface area contributed by atoms with Crippen LogP contribution in [0.2, 0.25) is 0 Å². The minimum absolute atomic E-state index is 0.0451. The van der Waals surface area contributed by atoms with E-state index in [1.54, 1.807) is 31.3 Å². The van der Waals surface area contributed by atoms with Gasteiger partial charge in [-0.2, -0.15) is 0 Å². The summed E-state index contributed by atoms with van der Waals surface area (Å²) in [5, 5.41) is 0. The minimum atomic E-state index is -0.807. The van der Waals surface area contributed by atoms with Crippen molar-refractivity contribution in [3.05, 3.63) is 65.2 Å². The lowest BCUT2D eigenvalue weighted by atomic mass is 9.98. The predicted octanol–water partition coefficient (Wildman–Crippen LogP) is 1.48. The van der Waals surface area contributed by atoms with Crippen LogP contribution in [-0.4, -0.2) is 67.8 Å². The monoisotopic (exact) mass is 423 g/mol. The number of hydrogen-bond donors (Lipinski definition) is 0. The van der Waals surface area contributed by atoms with Crippen molar-refractivity contribution in [2.45, 2.75) is 13.0 Å². The van der Waals surface area contributed by atoms with Gasteiger partial charge in [0.25, 0.3) is 11.8 Å². The molecule has 8 nitrogen and oxygen atoms in total. The third-order valence-electron chi connectivity index (χ3n) is 5.08. The topological polar surface area (TPSA) is 87.2 Å². The van der Waals surface area contributed by atoms with Crippen LogP contribution in [0.4, 0.5) is 5.69 Å². The van der Waals surface area contributed by atoms with Crippen molar-refractivity contribution >= 4 is 29.4 Å². The van der Waals surface area contributed by atoms with Crippen molar-refractivity contribution in [3.8, 4) is 0 Å². The van der Waals surface area contributed by atoms with Gasteiger partial charge in [-0.3, -0.25) is 24.1 Å². The molecule has 162 valence electrons. The molecule has 3 rings (SSSR count). The lowest BCUT2D eigenvalue weighted by molar-refractivity contribution is -0.153. The average molecular weight is 423 g/mol. The van der Waals surface area contributed by atoms with E-state index in [0.29, 0.717) is 17.7 Å². The van der Waals surface area contributed by atoms with Gasteiger partial charge in [0.05, 0.1) is 6.42 Å². The number of carbonyl (C=O) groups excluding carboxylic acids is 4. The van der Waals surface area contributed by atoms with E-state index in [1.165, 1.54) is 4.90 Å². The first-order valence-corrected chi connectivity index (χ1v) is 9.84. The van der Waals surface area contributed by atoms with Gasteiger partial charge in [0.2, 0.25) is 5.91 Å². The predicted molar refractivity (Wildman–Crippen MR) is 114 cm³/mol. The van der Waals surface area contributed by atoms with Gasteiger partial charge < -0.3 is 14.5 Å². The summed E-state index contributed by atoms with van der Waals surface area (Å²) >= 11 is 0. The SMILES string of the molecule is CN(Cc1ccc(N(C)C)cc1)C(=O)COC(=O)CN1C(=O)Cc2ccccc2C1=O. The van der Waals surface area contributed by atoms with Crippen LogP contribution in [0.3, 0.4) is 0 Å². The fourth-order valence-corrected chi connectivity index (χ4v) is 3.25. The molecule has 3 amide bonds. The molecule has 0 aromatic heterocycles. The van der Waals surface area contributed by atoms with Crippen LogP contribution in [0.1, 0.15) is 21.5 Å². The Balaban J connectivity index is 1.50. The van der Waals surface area contributed by atoms with E-state index in [-0.39, 0.29) is 12.3 Å². The minimum Gasteiger partial charge on any atom is -0.454 e. The maximum absolute atomic E-state index is 12.5. The lowest BCUT2D eigenvalue weighted by Crippen LogP contribution is -2.45. The Kier molecular flexibility index (Phi) is 6.69. The Labute approximate surface area is 181 Å². The van der Waals surface area contributed by atoms with Crippen molar-refractivity contribution < 1.29 is 23.9 Å². The quantitative estimate of drug-likeness (QED) is 0.495. The highest BCUT2D eigenvalue weighted by Gasteiger charge is 2.32. The van der Waals surface area contributed by atoms with Crippen LogP contribution >= 0.6 is 0 Å². The van der Waals surface area contributed by atoms with Crippen molar-refractivity contribution in [2.24, 2.45) is 0 Å². The van der Waals surface area contributed by atoms with Gasteiger partial charge in [-0.05, 0) is 29.3 Å². The first-order chi connectivity index (χ1) is 14.8. The van der Waals surface area contributed by atoms with E-state index >= 15 is 0 Å². The molecular weight excluding hydrogens is 398 g/mol. The van der Waals surface area contributed by atoms with Crippen LogP contribution < -0.4 is 4.90 Å². The fraction of sp³-hybridized carbons (Fsp3) is 0.304. The van der Waals surface area contributed by atoms with E-state index in [9.17, 15) is 19.2 Å². The first-order valence-electron chi connectivity index (χ1n) is 9.84. The van der Waals surface area contributed by atoms with Crippen molar-refractivity contribution in [1.82, 2.24) is 9.80 Å². The number of amides is 3. The van der Waals surface area contributed by atoms with E-state index < -0.39 is 30.9 Å². The summed E-state index contributed by atoms with van der Waals surface area (Å²) in [5.41, 5.74) is 3.02. The maximum Gasteiger partial charge on any atom is 0.326 e. The van der Waals surface area contributed by atoms with E-state index in [1.807, 2.05) is 43.3 Å². The van der Waals surface area contributed by atoms with Crippen LogP contribution in [0.25, 0.3) is 0 Å². The molecule has 31 heavy (non-hydrogen) atoms. The van der Waals surface area contributed by atoms with Crippen LogP contribution in [0, 0.1) is 0 Å². The fourth-order valence-electron chi connectivity index (χ4n) is 3.25. The number of fused-ring (bicyclic) bond motifs is 1. The Bertz CT molecular complexity index is 1000. The zero-order valence-electron chi connectivity index (χ0n) is 17.8. The van der Waals surface area contributed by atoms with Crippen molar-refractivity contribution in [1.29, 1.82) is 0 Å². The second-order valence-electron chi connectivity index (χ2n) is 7.59. The molecule has 8 heteroatoms. The summed E-state index contributed by atoms with van der Waals surface area (Å²) in [6.45, 7) is -0.614. The van der Waals surface area contributed by atoms with Crippen LogP contribution in [0.5, 0.6) is 0 Å². The molecule has 0 aliphatic carbocycles. The van der Waals surface area contributed by atoms with Crippen LogP contribution in [-0.2, 0) is 32.1 Å². The number of likely N-dealkylation sites (N-methyl/N-ethyl adjacent to an activating group) is 1. The second kappa shape index (κ2) is 9.42. The highest BCUT2D eigenvalue weighted by atomic mass is 16.5. The standard InChI is InChI=1S/C23H25N3O5/c1-24(2)18-10-8-16(9-11-18)13-25(3)21(28)15-31-22(29)14-26-20(27)12-17-6-4-5-7-19(17)23(26)30/h4-11H,12-15H2,1-3H3. The molecule has 0 atom stereocenters. The molecule has 0 saturated carbocycles. The smallest absolute Gasteiger partial charge is 0.326 e. The molecule has 2 aromatic rings. The summed E-state index contributed by atoms with van der Waals surface area (Å²) in [6, 6.07) is 14.5. The summed E-state index contributed by atoms with van der Waals surface area (Å²) in [6.07, 6.45) is 0.0451. The Morgan fingerprint density at radius 3 is 2.35 bits per heavy atom. The Morgan fingerprint density at radius 2 is 1.68 bits per heavy atom. The molecular formula is C23H25N3O5. The molecule has 0 saturated heterocycles. The number of hydrogen-bond acceptors (Lipinski definition) is 6. The number of benzene rings is 2. The molecule has 0 radical (unpaired) electrons. The average Bonchev–Trinajstić information content (AvgIpc) is 2.75. The number of carbonyl (C=O) groups is 4. The van der Waals surface area contributed by atoms with Gasteiger partial charge in [0, 0.05) is 38.9 Å². The molecule has 0 bridgehead atoms. The lowest BCUT2D eigenvalue weighted by Gasteiger charge is -2.26. The van der Waals surface area contributed by atoms with Crippen molar-refractivity contribution in [3.63, 3.8) is 0 Å². The summed E-state index contributed by atoms with van der Waals surface area (Å²) < 4.78 is 5.02. The maximum atomic E-state index is 12.5. The molecule has 1 aliphatic rings. The van der Waals surface area contributed by atoms with E-state index in [2.05, 4.69) is 0 Å². The molecule has 0 spiro atoms. The Morgan fingerprint density at radius 1 is 1.00 bits per heavy atom. The molecule has 0 N–H and O–H groups in total. The van der Waals surface area contributed by atoms with Gasteiger partial charge in [-0.1, -0.05) is 30.3 Å². The Hall–Kier alpha value is -3.68. The highest BCUT2D eigenvalue weighted by Crippen LogP contribution is 2.19. The summed E-state index contributed by atoms with van der Waals surface area (Å²) in [7, 11) is 5.51. The zero-order chi connectivity index (χ0) is 22.5. The van der Waals surface area contributed by atoms with Gasteiger partial charge in [-0.25, -0.2) is 0 Å². The van der Waals surface area contributed by atoms with E-state index in [0.717, 1.165) is 16.2 Å². The number of ether oxygens (including phenoxy) is 1. The van der Waals surface area contributed by atoms with Gasteiger partial charge in [-0.15, -0.1) is 0 Å². The normalized spacial score (nSPS) is 12.9. The number of imide groups is 1. The number of rotatable bonds is 7. The van der Waals surface area contributed by atoms with Gasteiger partial charge in [0.15, 0.2) is 6.61 Å². The third kappa shape index (κ3) is 5.28.